The van der Waals surface area contributed by atoms with Gasteiger partial charge < -0.3 is 24.4 Å². The molecule has 154 valence electrons. The van der Waals surface area contributed by atoms with Crippen LogP contribution < -0.4 is 24.4 Å². The number of hydrogen-bond acceptors (Lipinski definition) is 5. The lowest BCUT2D eigenvalue weighted by Crippen LogP contribution is -2.15. The van der Waals surface area contributed by atoms with Gasteiger partial charge >= 0.3 is 0 Å². The zero-order chi connectivity index (χ0) is 21.3. The molecule has 1 aliphatic heterocycles. The first-order valence-electron chi connectivity index (χ1n) is 9.34. The van der Waals surface area contributed by atoms with E-state index in [1.807, 2.05) is 67.5 Å². The monoisotopic (exact) mass is 516 g/mol. The highest BCUT2D eigenvalue weighted by Crippen LogP contribution is 2.49. The van der Waals surface area contributed by atoms with E-state index in [1.165, 1.54) is 0 Å². The van der Waals surface area contributed by atoms with E-state index in [-0.39, 0.29) is 12.7 Å². The first-order valence-corrected chi connectivity index (χ1v) is 10.4. The smallest absolute Gasteiger partial charge is 0.256 e. The number of carbonyl (C=O) groups excluding carboxylic acids is 1. The van der Waals surface area contributed by atoms with Crippen molar-refractivity contribution in [3.8, 4) is 28.4 Å². The number of nitrogens with one attached hydrogen (secondary N) is 1. The maximum atomic E-state index is 13.3. The van der Waals surface area contributed by atoms with Gasteiger partial charge in [-0.05, 0) is 58.5 Å². The molecule has 0 atom stereocenters. The molecule has 0 bridgehead atoms. The van der Waals surface area contributed by atoms with Crippen molar-refractivity contribution in [1.82, 2.24) is 0 Å². The van der Waals surface area contributed by atoms with Crippen LogP contribution in [0.5, 0.6) is 17.2 Å². The van der Waals surface area contributed by atoms with Gasteiger partial charge in [-0.3, -0.25) is 4.79 Å². The maximum absolute atomic E-state index is 13.3. The minimum Gasteiger partial charge on any atom is -0.492 e. The van der Waals surface area contributed by atoms with Gasteiger partial charge in [0.15, 0.2) is 11.5 Å². The predicted octanol–water partition coefficient (Wildman–Crippen LogP) is 5.01. The predicted molar refractivity (Wildman–Crippen MR) is 126 cm³/mol. The van der Waals surface area contributed by atoms with E-state index < -0.39 is 0 Å². The number of nitrogens with zero attached hydrogens (tertiary/aromatic N) is 1. The summed E-state index contributed by atoms with van der Waals surface area (Å²) in [6.07, 6.45) is 0. The van der Waals surface area contributed by atoms with Crippen LogP contribution in [-0.2, 0) is 0 Å². The standard InChI is InChI=1S/C23H21IN2O4/c1-26(2)15-10-8-14(9-11-15)20-16(12-19-21(22(20)28-3)30-13-29-19)23(27)25-18-7-5-4-6-17(18)24/h4-12H,13H2,1-3H3,(H,25,27). The second kappa shape index (κ2) is 8.43. The lowest BCUT2D eigenvalue weighted by Gasteiger charge is -2.18. The first kappa shape index (κ1) is 20.3. The number of para-hydroxylation sites is 1. The number of carbonyl (C=O) groups is 1. The van der Waals surface area contributed by atoms with Crippen molar-refractivity contribution in [2.45, 2.75) is 0 Å². The summed E-state index contributed by atoms with van der Waals surface area (Å²) in [5.41, 5.74) is 3.77. The topological polar surface area (TPSA) is 60.0 Å². The lowest BCUT2D eigenvalue weighted by atomic mass is 9.96. The average molecular weight is 516 g/mol. The summed E-state index contributed by atoms with van der Waals surface area (Å²) in [4.78, 5) is 15.3. The van der Waals surface area contributed by atoms with Crippen molar-refractivity contribution >= 4 is 39.9 Å². The molecule has 1 amide bonds. The SMILES string of the molecule is COc1c2c(cc(C(=O)Nc3ccccc3I)c1-c1ccc(N(C)C)cc1)OCO2. The molecular weight excluding hydrogens is 495 g/mol. The van der Waals surface area contributed by atoms with Crippen LogP contribution in [0, 0.1) is 3.57 Å². The third kappa shape index (κ3) is 3.77. The van der Waals surface area contributed by atoms with Gasteiger partial charge in [0.05, 0.1) is 18.4 Å². The normalized spacial score (nSPS) is 11.9. The number of hydrogen-bond donors (Lipinski definition) is 1. The molecule has 0 spiro atoms. The molecular formula is C23H21IN2O4. The number of rotatable bonds is 5. The van der Waals surface area contributed by atoms with E-state index in [1.54, 1.807) is 13.2 Å². The largest absolute Gasteiger partial charge is 0.492 e. The van der Waals surface area contributed by atoms with Crippen LogP contribution in [0.2, 0.25) is 0 Å². The fourth-order valence-electron chi connectivity index (χ4n) is 3.35. The van der Waals surface area contributed by atoms with Gasteiger partial charge in [0, 0.05) is 28.9 Å². The molecule has 0 radical (unpaired) electrons. The van der Waals surface area contributed by atoms with Crippen LogP contribution in [0.3, 0.4) is 0 Å². The summed E-state index contributed by atoms with van der Waals surface area (Å²) in [7, 11) is 5.53. The summed E-state index contributed by atoms with van der Waals surface area (Å²) >= 11 is 2.20. The van der Waals surface area contributed by atoms with Crippen molar-refractivity contribution in [2.24, 2.45) is 0 Å². The number of ether oxygens (including phenoxy) is 3. The van der Waals surface area contributed by atoms with E-state index in [2.05, 4.69) is 27.9 Å². The molecule has 0 aromatic heterocycles. The highest BCUT2D eigenvalue weighted by molar-refractivity contribution is 14.1. The van der Waals surface area contributed by atoms with Crippen molar-refractivity contribution in [2.75, 3.05) is 38.2 Å². The Kier molecular flexibility index (Phi) is 5.72. The molecule has 1 heterocycles. The maximum Gasteiger partial charge on any atom is 0.256 e. The van der Waals surface area contributed by atoms with E-state index >= 15 is 0 Å². The number of halogens is 1. The van der Waals surface area contributed by atoms with Crippen LogP contribution in [0.4, 0.5) is 11.4 Å². The van der Waals surface area contributed by atoms with Gasteiger partial charge in [0.2, 0.25) is 12.5 Å². The second-order valence-electron chi connectivity index (χ2n) is 6.94. The third-order valence-electron chi connectivity index (χ3n) is 4.86. The van der Waals surface area contributed by atoms with Crippen LogP contribution in [0.15, 0.2) is 54.6 Å². The van der Waals surface area contributed by atoms with Crippen molar-refractivity contribution in [1.29, 1.82) is 0 Å². The number of fused-ring (bicyclic) bond motifs is 1. The molecule has 0 aliphatic carbocycles. The lowest BCUT2D eigenvalue weighted by molar-refractivity contribution is 0.102. The molecule has 6 nitrogen and oxygen atoms in total. The van der Waals surface area contributed by atoms with Gasteiger partial charge in [-0.2, -0.15) is 0 Å². The second-order valence-corrected chi connectivity index (χ2v) is 8.10. The Hall–Kier alpha value is -2.94. The number of anilines is 2. The van der Waals surface area contributed by atoms with Crippen LogP contribution in [0.25, 0.3) is 11.1 Å². The van der Waals surface area contributed by atoms with E-state index in [4.69, 9.17) is 14.2 Å². The van der Waals surface area contributed by atoms with Gasteiger partial charge in [-0.25, -0.2) is 0 Å². The minimum atomic E-state index is -0.248. The molecule has 7 heteroatoms. The molecule has 0 saturated carbocycles. The Labute approximate surface area is 188 Å². The molecule has 0 unspecified atom stereocenters. The Balaban J connectivity index is 1.85. The Bertz CT molecular complexity index is 1100. The van der Waals surface area contributed by atoms with Gasteiger partial charge in [0.25, 0.3) is 5.91 Å². The number of benzene rings is 3. The quantitative estimate of drug-likeness (QED) is 0.483. The third-order valence-corrected chi connectivity index (χ3v) is 5.80. The number of amides is 1. The van der Waals surface area contributed by atoms with Gasteiger partial charge in [-0.15, -0.1) is 0 Å². The molecule has 3 aromatic rings. The van der Waals surface area contributed by atoms with Crippen molar-refractivity contribution in [3.63, 3.8) is 0 Å². The molecule has 1 N–H and O–H groups in total. The average Bonchev–Trinajstić information content (AvgIpc) is 3.22. The van der Waals surface area contributed by atoms with Crippen molar-refractivity contribution in [3.05, 3.63) is 63.7 Å². The van der Waals surface area contributed by atoms with Crippen LogP contribution in [0.1, 0.15) is 10.4 Å². The van der Waals surface area contributed by atoms with Gasteiger partial charge in [0.1, 0.15) is 0 Å². The highest BCUT2D eigenvalue weighted by atomic mass is 127. The van der Waals surface area contributed by atoms with E-state index in [0.717, 1.165) is 20.5 Å². The zero-order valence-corrected chi connectivity index (χ0v) is 19.0. The van der Waals surface area contributed by atoms with Gasteiger partial charge in [-0.1, -0.05) is 24.3 Å². The molecule has 30 heavy (non-hydrogen) atoms. The first-order chi connectivity index (χ1) is 14.5. The summed E-state index contributed by atoms with van der Waals surface area (Å²) in [5.74, 6) is 1.24. The van der Waals surface area contributed by atoms with E-state index in [0.29, 0.717) is 28.4 Å². The summed E-state index contributed by atoms with van der Waals surface area (Å²) in [6, 6.07) is 17.3. The Morgan fingerprint density at radius 1 is 1.10 bits per heavy atom. The fraction of sp³-hybridized carbons (Fsp3) is 0.174. The summed E-state index contributed by atoms with van der Waals surface area (Å²) < 4.78 is 17.8. The molecule has 0 saturated heterocycles. The fourth-order valence-corrected chi connectivity index (χ4v) is 3.87. The van der Waals surface area contributed by atoms with Crippen molar-refractivity contribution < 1.29 is 19.0 Å². The van der Waals surface area contributed by atoms with Crippen LogP contribution in [-0.4, -0.2) is 33.9 Å². The van der Waals surface area contributed by atoms with Crippen LogP contribution >= 0.6 is 22.6 Å². The Morgan fingerprint density at radius 3 is 2.50 bits per heavy atom. The minimum absolute atomic E-state index is 0.0896. The summed E-state index contributed by atoms with van der Waals surface area (Å²) in [6.45, 7) is 0.0896. The van der Waals surface area contributed by atoms with E-state index in [9.17, 15) is 4.79 Å². The molecule has 3 aromatic carbocycles. The molecule has 4 rings (SSSR count). The Morgan fingerprint density at radius 2 is 1.83 bits per heavy atom. The highest BCUT2D eigenvalue weighted by Gasteiger charge is 2.29. The molecule has 0 fully saturated rings. The summed E-state index contributed by atoms with van der Waals surface area (Å²) in [5, 5.41) is 3.00. The molecule has 1 aliphatic rings. The number of methoxy groups -OCH3 is 1. The zero-order valence-electron chi connectivity index (χ0n) is 16.9.